The van der Waals surface area contributed by atoms with Crippen LogP contribution in [0.3, 0.4) is 0 Å². The number of methoxy groups -OCH3 is 1. The average Bonchev–Trinajstić information content (AvgIpc) is 3.41. The van der Waals surface area contributed by atoms with Crippen molar-refractivity contribution in [3.63, 3.8) is 0 Å². The molecule has 1 N–H and O–H groups in total. The van der Waals surface area contributed by atoms with Crippen LogP contribution in [0.5, 0.6) is 11.5 Å². The largest absolute Gasteiger partial charge is 0.493 e. The van der Waals surface area contributed by atoms with Crippen LogP contribution < -0.4 is 14.8 Å². The quantitative estimate of drug-likeness (QED) is 0.480. The van der Waals surface area contributed by atoms with Crippen molar-refractivity contribution in [2.75, 3.05) is 45.3 Å². The molecule has 0 unspecified atom stereocenters. The Bertz CT molecular complexity index is 1150. The number of benzene rings is 1. The van der Waals surface area contributed by atoms with E-state index in [0.29, 0.717) is 25.3 Å². The Kier molecular flexibility index (Phi) is 7.07. The van der Waals surface area contributed by atoms with Crippen molar-refractivity contribution >= 4 is 27.4 Å². The highest BCUT2D eigenvalue weighted by Crippen LogP contribution is 2.39. The molecule has 1 aliphatic heterocycles. The van der Waals surface area contributed by atoms with E-state index in [9.17, 15) is 8.78 Å². The zero-order chi connectivity index (χ0) is 23.5. The number of aromatic nitrogens is 2. The SMILES string of the molecule is COc1cc(CCNc2nc(CN3CCOCC3)nc3sc4c(c23)CCC4)ccc1OC(F)F. The van der Waals surface area contributed by atoms with Crippen LogP contribution >= 0.6 is 11.3 Å². The third-order valence-electron chi connectivity index (χ3n) is 6.23. The molecule has 2 aromatic heterocycles. The van der Waals surface area contributed by atoms with Crippen LogP contribution in [0.25, 0.3) is 10.2 Å². The summed E-state index contributed by atoms with van der Waals surface area (Å²) in [7, 11) is 1.44. The summed E-state index contributed by atoms with van der Waals surface area (Å²) in [5.74, 6) is 2.04. The summed E-state index contributed by atoms with van der Waals surface area (Å²) < 4.78 is 40.4. The second-order valence-electron chi connectivity index (χ2n) is 8.45. The Morgan fingerprint density at radius 1 is 1.18 bits per heavy atom. The molecule has 1 fully saturated rings. The van der Waals surface area contributed by atoms with Gasteiger partial charge in [0.25, 0.3) is 0 Å². The summed E-state index contributed by atoms with van der Waals surface area (Å²) in [6.45, 7) is 1.72. The summed E-state index contributed by atoms with van der Waals surface area (Å²) >= 11 is 1.79. The van der Waals surface area contributed by atoms with Gasteiger partial charge in [-0.25, -0.2) is 9.97 Å². The molecule has 0 bridgehead atoms. The first-order valence-corrected chi connectivity index (χ1v) is 12.4. The number of anilines is 1. The van der Waals surface area contributed by atoms with E-state index in [4.69, 9.17) is 19.4 Å². The maximum Gasteiger partial charge on any atom is 0.387 e. The van der Waals surface area contributed by atoms with Crippen LogP contribution in [0, 0.1) is 0 Å². The Balaban J connectivity index is 1.34. The maximum absolute atomic E-state index is 12.6. The van der Waals surface area contributed by atoms with Gasteiger partial charge in [0.05, 0.1) is 32.3 Å². The first-order valence-electron chi connectivity index (χ1n) is 11.6. The molecule has 34 heavy (non-hydrogen) atoms. The number of nitrogens with one attached hydrogen (secondary N) is 1. The third kappa shape index (κ3) is 5.08. The Morgan fingerprint density at radius 3 is 2.82 bits per heavy atom. The number of ether oxygens (including phenoxy) is 3. The van der Waals surface area contributed by atoms with Gasteiger partial charge >= 0.3 is 6.61 Å². The van der Waals surface area contributed by atoms with Crippen molar-refractivity contribution in [1.29, 1.82) is 0 Å². The molecule has 2 aliphatic rings. The van der Waals surface area contributed by atoms with Gasteiger partial charge in [0, 0.05) is 24.5 Å². The van der Waals surface area contributed by atoms with Crippen LogP contribution in [0.1, 0.15) is 28.2 Å². The van der Waals surface area contributed by atoms with Gasteiger partial charge in [-0.05, 0) is 48.9 Å². The fourth-order valence-corrected chi connectivity index (χ4v) is 5.86. The van der Waals surface area contributed by atoms with Gasteiger partial charge in [-0.2, -0.15) is 8.78 Å². The third-order valence-corrected chi connectivity index (χ3v) is 7.42. The summed E-state index contributed by atoms with van der Waals surface area (Å²) in [6.07, 6.45) is 4.04. The fourth-order valence-electron chi connectivity index (χ4n) is 4.58. The first kappa shape index (κ1) is 23.2. The van der Waals surface area contributed by atoms with Crippen molar-refractivity contribution < 1.29 is 23.0 Å². The van der Waals surface area contributed by atoms with E-state index in [0.717, 1.165) is 66.6 Å². The number of aryl methyl sites for hydroxylation is 2. The highest BCUT2D eigenvalue weighted by atomic mass is 32.1. The molecule has 0 atom stereocenters. The lowest BCUT2D eigenvalue weighted by atomic mass is 10.1. The molecular formula is C24H28F2N4O3S. The van der Waals surface area contributed by atoms with Gasteiger partial charge in [0.2, 0.25) is 0 Å². The van der Waals surface area contributed by atoms with E-state index in [1.807, 2.05) is 0 Å². The van der Waals surface area contributed by atoms with Gasteiger partial charge in [-0.15, -0.1) is 11.3 Å². The van der Waals surface area contributed by atoms with Crippen LogP contribution in [-0.4, -0.2) is 61.4 Å². The number of thiophene rings is 1. The van der Waals surface area contributed by atoms with E-state index >= 15 is 0 Å². The van der Waals surface area contributed by atoms with Gasteiger partial charge < -0.3 is 19.5 Å². The fraction of sp³-hybridized carbons (Fsp3) is 0.500. The number of alkyl halides is 2. The smallest absolute Gasteiger partial charge is 0.387 e. The Hall–Kier alpha value is -2.56. The Morgan fingerprint density at radius 2 is 2.03 bits per heavy atom. The summed E-state index contributed by atoms with van der Waals surface area (Å²) in [4.78, 5) is 14.6. The van der Waals surface area contributed by atoms with E-state index in [1.54, 1.807) is 23.5 Å². The second kappa shape index (κ2) is 10.4. The van der Waals surface area contributed by atoms with E-state index in [2.05, 4.69) is 15.0 Å². The zero-order valence-electron chi connectivity index (χ0n) is 19.1. The van der Waals surface area contributed by atoms with Gasteiger partial charge in [-0.3, -0.25) is 4.90 Å². The molecule has 0 amide bonds. The number of hydrogen-bond acceptors (Lipinski definition) is 8. The molecule has 3 heterocycles. The molecule has 0 spiro atoms. The minimum Gasteiger partial charge on any atom is -0.493 e. The van der Waals surface area contributed by atoms with Crippen molar-refractivity contribution in [3.8, 4) is 11.5 Å². The van der Waals surface area contributed by atoms with Crippen molar-refractivity contribution in [2.45, 2.75) is 38.8 Å². The highest BCUT2D eigenvalue weighted by molar-refractivity contribution is 7.19. The molecule has 1 saturated heterocycles. The van der Waals surface area contributed by atoms with Crippen molar-refractivity contribution in [2.24, 2.45) is 0 Å². The monoisotopic (exact) mass is 490 g/mol. The molecule has 0 radical (unpaired) electrons. The van der Waals surface area contributed by atoms with E-state index < -0.39 is 6.61 Å². The topological polar surface area (TPSA) is 68.7 Å². The summed E-state index contributed by atoms with van der Waals surface area (Å²) in [5.41, 5.74) is 2.34. The number of halogens is 2. The lowest BCUT2D eigenvalue weighted by Crippen LogP contribution is -2.36. The molecule has 0 saturated carbocycles. The van der Waals surface area contributed by atoms with E-state index in [-0.39, 0.29) is 5.75 Å². The molecule has 7 nitrogen and oxygen atoms in total. The van der Waals surface area contributed by atoms with Gasteiger partial charge in [-0.1, -0.05) is 6.07 Å². The Labute approximate surface area is 201 Å². The number of morpholine rings is 1. The summed E-state index contributed by atoms with van der Waals surface area (Å²) in [5, 5.41) is 4.69. The van der Waals surface area contributed by atoms with Crippen molar-refractivity contribution in [1.82, 2.24) is 14.9 Å². The molecule has 3 aromatic rings. The zero-order valence-corrected chi connectivity index (χ0v) is 19.9. The predicted octanol–water partition coefficient (Wildman–Crippen LogP) is 4.28. The minimum atomic E-state index is -2.89. The molecule has 5 rings (SSSR count). The molecule has 1 aromatic carbocycles. The van der Waals surface area contributed by atoms with Crippen LogP contribution in [-0.2, 0) is 30.5 Å². The highest BCUT2D eigenvalue weighted by Gasteiger charge is 2.23. The lowest BCUT2D eigenvalue weighted by Gasteiger charge is -2.25. The molecular weight excluding hydrogens is 462 g/mol. The van der Waals surface area contributed by atoms with Crippen molar-refractivity contribution in [3.05, 3.63) is 40.0 Å². The summed E-state index contributed by atoms with van der Waals surface area (Å²) in [6, 6.07) is 5.04. The number of rotatable bonds is 9. The number of nitrogens with zero attached hydrogens (tertiary/aromatic N) is 3. The number of hydrogen-bond donors (Lipinski definition) is 1. The number of fused-ring (bicyclic) bond motifs is 3. The molecule has 1 aliphatic carbocycles. The average molecular weight is 491 g/mol. The lowest BCUT2D eigenvalue weighted by molar-refractivity contribution is -0.0512. The van der Waals surface area contributed by atoms with Crippen LogP contribution in [0.15, 0.2) is 18.2 Å². The predicted molar refractivity (Wildman–Crippen MR) is 127 cm³/mol. The molecule has 182 valence electrons. The maximum atomic E-state index is 12.6. The second-order valence-corrected chi connectivity index (χ2v) is 9.54. The standard InChI is InChI=1S/C24H28F2N4O3S/c1-31-18-13-15(5-6-17(18)33-24(25)26)7-8-27-22-21-16-3-2-4-19(16)34-23(21)29-20(28-22)14-30-9-11-32-12-10-30/h5-6,13,24H,2-4,7-12,14H2,1H3,(H,27,28,29). The van der Waals surface area contributed by atoms with Crippen LogP contribution in [0.2, 0.25) is 0 Å². The normalized spacial score (nSPS) is 16.2. The molecule has 10 heteroatoms. The van der Waals surface area contributed by atoms with Gasteiger partial charge in [0.15, 0.2) is 11.5 Å². The van der Waals surface area contributed by atoms with Gasteiger partial charge in [0.1, 0.15) is 16.5 Å². The minimum absolute atomic E-state index is 0.0355. The van der Waals surface area contributed by atoms with E-state index in [1.165, 1.54) is 30.0 Å². The van der Waals surface area contributed by atoms with Crippen LogP contribution in [0.4, 0.5) is 14.6 Å². The first-order chi connectivity index (χ1) is 16.6.